The minimum absolute atomic E-state index is 0.455. The molecule has 55 heavy (non-hydrogen) atoms. The van der Waals surface area contributed by atoms with Crippen molar-refractivity contribution in [3.8, 4) is 0 Å². The number of aryl methyl sites for hydroxylation is 4. The molecule has 0 saturated heterocycles. The number of anilines is 2. The van der Waals surface area contributed by atoms with Crippen LogP contribution in [0.5, 0.6) is 0 Å². The number of hydrogen-bond acceptors (Lipinski definition) is 2. The van der Waals surface area contributed by atoms with Gasteiger partial charge in [-0.15, -0.1) is 0 Å². The Kier molecular flexibility index (Phi) is 20.6. The molecular weight excluding hydrogens is 665 g/mol. The molecule has 0 bridgehead atoms. The van der Waals surface area contributed by atoms with Gasteiger partial charge >= 0.3 is 0 Å². The average molecular weight is 743 g/mol. The van der Waals surface area contributed by atoms with Crippen molar-refractivity contribution in [2.75, 3.05) is 11.5 Å². The van der Waals surface area contributed by atoms with Gasteiger partial charge < -0.3 is 11.5 Å². The van der Waals surface area contributed by atoms with E-state index in [1.54, 1.807) is 0 Å². The maximum absolute atomic E-state index is 6.13. The maximum atomic E-state index is 6.13. The fourth-order valence-electron chi connectivity index (χ4n) is 8.82. The largest absolute Gasteiger partial charge is 0.399 e. The van der Waals surface area contributed by atoms with Crippen LogP contribution in [-0.4, -0.2) is 0 Å². The predicted octanol–water partition coefficient (Wildman–Crippen LogP) is 15.7. The molecule has 0 aliphatic carbocycles. The van der Waals surface area contributed by atoms with Crippen LogP contribution in [0, 0.1) is 13.8 Å². The van der Waals surface area contributed by atoms with Crippen LogP contribution >= 0.6 is 0 Å². The van der Waals surface area contributed by atoms with Gasteiger partial charge in [-0.3, -0.25) is 0 Å². The fourth-order valence-corrected chi connectivity index (χ4v) is 8.82. The van der Waals surface area contributed by atoms with Crippen LogP contribution in [0.3, 0.4) is 0 Å². The molecule has 0 aromatic heterocycles. The zero-order valence-corrected chi connectivity index (χ0v) is 35.7. The molecule has 2 nitrogen and oxygen atoms in total. The quantitative estimate of drug-likeness (QED) is 0.0450. The molecule has 4 rings (SSSR count). The van der Waals surface area contributed by atoms with Gasteiger partial charge in [-0.2, -0.15) is 0 Å². The highest BCUT2D eigenvalue weighted by atomic mass is 14.5. The minimum Gasteiger partial charge on any atom is -0.399 e. The Morgan fingerprint density at radius 1 is 0.382 bits per heavy atom. The normalized spacial score (nSPS) is 12.6. The Morgan fingerprint density at radius 2 is 0.709 bits per heavy atom. The summed E-state index contributed by atoms with van der Waals surface area (Å²) in [4.78, 5) is 0. The minimum atomic E-state index is 0.455. The highest BCUT2D eigenvalue weighted by molar-refractivity contribution is 5.49. The van der Waals surface area contributed by atoms with Crippen LogP contribution in [0.2, 0.25) is 0 Å². The van der Waals surface area contributed by atoms with E-state index < -0.39 is 0 Å². The summed E-state index contributed by atoms with van der Waals surface area (Å²) < 4.78 is 0. The van der Waals surface area contributed by atoms with E-state index >= 15 is 0 Å². The van der Waals surface area contributed by atoms with Crippen molar-refractivity contribution in [2.24, 2.45) is 0 Å². The summed E-state index contributed by atoms with van der Waals surface area (Å²) >= 11 is 0. The van der Waals surface area contributed by atoms with Gasteiger partial charge in [0.05, 0.1) is 0 Å². The number of rotatable bonds is 28. The zero-order chi connectivity index (χ0) is 39.1. The topological polar surface area (TPSA) is 52.0 Å². The van der Waals surface area contributed by atoms with Crippen LogP contribution < -0.4 is 11.5 Å². The molecule has 0 radical (unpaired) electrons. The molecule has 4 aromatic carbocycles. The van der Waals surface area contributed by atoms with Gasteiger partial charge in [-0.05, 0) is 121 Å². The molecule has 0 aliphatic rings. The monoisotopic (exact) mass is 743 g/mol. The van der Waals surface area contributed by atoms with Crippen molar-refractivity contribution >= 4 is 11.4 Å². The van der Waals surface area contributed by atoms with E-state index in [0.29, 0.717) is 11.8 Å². The molecule has 0 heterocycles. The Balaban J connectivity index is 1.15. The predicted molar refractivity (Wildman–Crippen MR) is 243 cm³/mol. The van der Waals surface area contributed by atoms with Gasteiger partial charge in [0.2, 0.25) is 0 Å². The second-order valence-corrected chi connectivity index (χ2v) is 16.9. The van der Waals surface area contributed by atoms with E-state index in [-0.39, 0.29) is 0 Å². The lowest BCUT2D eigenvalue weighted by Crippen LogP contribution is -2.05. The van der Waals surface area contributed by atoms with Gasteiger partial charge in [0.15, 0.2) is 0 Å². The smallest absolute Gasteiger partial charge is 0.0316 e. The lowest BCUT2D eigenvalue weighted by atomic mass is 9.84. The van der Waals surface area contributed by atoms with Crippen molar-refractivity contribution < 1.29 is 0 Å². The molecule has 4 aromatic rings. The summed E-state index contributed by atoms with van der Waals surface area (Å²) in [7, 11) is 0. The molecule has 0 amide bonds. The summed E-state index contributed by atoms with van der Waals surface area (Å²) in [5.41, 5.74) is 25.4. The van der Waals surface area contributed by atoms with Gasteiger partial charge in [0.1, 0.15) is 0 Å². The molecule has 2 heteroatoms. The molecule has 2 atom stereocenters. The number of nitrogens with two attached hydrogens (primary N) is 2. The molecule has 0 fully saturated rings. The summed E-state index contributed by atoms with van der Waals surface area (Å²) in [5, 5.41) is 0. The van der Waals surface area contributed by atoms with Gasteiger partial charge in [-0.25, -0.2) is 0 Å². The van der Waals surface area contributed by atoms with Crippen molar-refractivity contribution in [3.05, 3.63) is 129 Å². The van der Waals surface area contributed by atoms with Crippen LogP contribution in [-0.2, 0) is 12.8 Å². The third kappa shape index (κ3) is 15.9. The first kappa shape index (κ1) is 44.2. The maximum Gasteiger partial charge on any atom is 0.0316 e. The van der Waals surface area contributed by atoms with Gasteiger partial charge in [0, 0.05) is 23.2 Å². The van der Waals surface area contributed by atoms with Crippen LogP contribution in [0.1, 0.15) is 205 Å². The van der Waals surface area contributed by atoms with Crippen LogP contribution in [0.4, 0.5) is 11.4 Å². The number of unbranched alkanes of at least 4 members (excludes halogenated alkanes) is 16. The summed E-state index contributed by atoms with van der Waals surface area (Å²) in [5.74, 6) is 0.911. The fraction of sp³-hybridized carbons (Fsp3) is 0.547. The first-order chi connectivity index (χ1) is 26.9. The average Bonchev–Trinajstić information content (AvgIpc) is 3.18. The first-order valence-corrected chi connectivity index (χ1v) is 22.8. The Morgan fingerprint density at radius 3 is 1.05 bits per heavy atom. The highest BCUT2D eigenvalue weighted by Crippen LogP contribution is 2.35. The summed E-state index contributed by atoms with van der Waals surface area (Å²) in [6.07, 6.45) is 30.2. The molecule has 300 valence electrons. The SMILES string of the molecule is CCCCCCCCC(c1ccc(CCCCCCCCCc2ccc(C(CCCCCCCC)c3ccc(N)cc3C)cc2)cc1)c1ccc(N)cc1C. The van der Waals surface area contributed by atoms with Crippen molar-refractivity contribution in [1.29, 1.82) is 0 Å². The second-order valence-electron chi connectivity index (χ2n) is 16.9. The number of benzene rings is 4. The molecule has 0 saturated carbocycles. The van der Waals surface area contributed by atoms with E-state index in [0.717, 1.165) is 11.4 Å². The zero-order valence-electron chi connectivity index (χ0n) is 35.7. The molecule has 4 N–H and O–H groups in total. The number of nitrogen functional groups attached to an aromatic ring is 2. The van der Waals surface area contributed by atoms with Crippen molar-refractivity contribution in [2.45, 2.75) is 187 Å². The summed E-state index contributed by atoms with van der Waals surface area (Å²) in [6, 6.07) is 32.3. The first-order valence-electron chi connectivity index (χ1n) is 22.8. The van der Waals surface area contributed by atoms with Crippen LogP contribution in [0.15, 0.2) is 84.9 Å². The molecule has 2 unspecified atom stereocenters. The Hall–Kier alpha value is -3.52. The van der Waals surface area contributed by atoms with Crippen molar-refractivity contribution in [3.63, 3.8) is 0 Å². The third-order valence-electron chi connectivity index (χ3n) is 12.2. The van der Waals surface area contributed by atoms with E-state index in [9.17, 15) is 0 Å². The Labute approximate surface area is 338 Å². The van der Waals surface area contributed by atoms with E-state index in [4.69, 9.17) is 11.5 Å². The molecular formula is C53H78N2. The van der Waals surface area contributed by atoms with E-state index in [2.05, 4.69) is 113 Å². The highest BCUT2D eigenvalue weighted by Gasteiger charge is 2.18. The van der Waals surface area contributed by atoms with Crippen molar-refractivity contribution in [1.82, 2.24) is 0 Å². The van der Waals surface area contributed by atoms with E-state index in [1.807, 2.05) is 0 Å². The lowest BCUT2D eigenvalue weighted by Gasteiger charge is -2.21. The standard InChI is InChI=1S/C53H78N2/c1-5-7-9-11-18-22-26-52(50-38-36-48(54)40-42(50)3)46-32-28-44(29-33-46)24-20-16-14-13-15-17-21-25-45-30-34-47(35-31-45)53(27-23-19-12-10-8-6-2)51-39-37-49(55)41-43(51)4/h28-41,52-53H,5-27,54-55H2,1-4H3. The van der Waals surface area contributed by atoms with Crippen LogP contribution in [0.25, 0.3) is 0 Å². The van der Waals surface area contributed by atoms with Gasteiger partial charge in [-0.1, -0.05) is 184 Å². The molecule has 0 aliphatic heterocycles. The second kappa shape index (κ2) is 25.6. The van der Waals surface area contributed by atoms with E-state index in [1.165, 1.54) is 192 Å². The third-order valence-corrected chi connectivity index (χ3v) is 12.2. The lowest BCUT2D eigenvalue weighted by molar-refractivity contribution is 0.567. The summed E-state index contributed by atoms with van der Waals surface area (Å²) in [6.45, 7) is 9.04. The van der Waals surface area contributed by atoms with Gasteiger partial charge in [0.25, 0.3) is 0 Å². The molecule has 0 spiro atoms. The number of hydrogen-bond donors (Lipinski definition) is 2. The Bertz CT molecular complexity index is 1480.